The summed E-state index contributed by atoms with van der Waals surface area (Å²) < 4.78 is 0. The normalized spacial score (nSPS) is 36.0. The Morgan fingerprint density at radius 3 is 2.33 bits per heavy atom. The number of hydroxylamine groups is 2. The van der Waals surface area contributed by atoms with E-state index in [1.54, 1.807) is 0 Å². The average molecular weight is 87.1 g/mol. The molecule has 1 heterocycles. The van der Waals surface area contributed by atoms with Gasteiger partial charge >= 0.3 is 0 Å². The minimum absolute atomic E-state index is 0.421. The Balaban J connectivity index is 2.20. The Bertz CT molecular complexity index is 47.5. The fourth-order valence-electron chi connectivity index (χ4n) is 0.503. The predicted octanol–water partition coefficient (Wildman–Crippen LogP) is 0.470. The van der Waals surface area contributed by atoms with Crippen LogP contribution in [-0.4, -0.2) is 22.9 Å². The standard InChI is InChI=1S/C4H9NO/c1-4-2-3-5(4)6/h4,6H,2-3H2,1H3. The van der Waals surface area contributed by atoms with Gasteiger partial charge in [-0.15, -0.1) is 0 Å². The fourth-order valence-corrected chi connectivity index (χ4v) is 0.503. The zero-order chi connectivity index (χ0) is 4.57. The lowest BCUT2D eigenvalue weighted by Gasteiger charge is -2.31. The van der Waals surface area contributed by atoms with Crippen LogP contribution in [0.4, 0.5) is 0 Å². The highest BCUT2D eigenvalue weighted by molar-refractivity contribution is 4.69. The molecule has 0 aliphatic carbocycles. The zero-order valence-corrected chi connectivity index (χ0v) is 3.89. The first-order valence-electron chi connectivity index (χ1n) is 2.26. The van der Waals surface area contributed by atoms with E-state index < -0.39 is 0 Å². The van der Waals surface area contributed by atoms with Crippen molar-refractivity contribution < 1.29 is 5.21 Å². The summed E-state index contributed by atoms with van der Waals surface area (Å²) in [5, 5.41) is 9.90. The summed E-state index contributed by atoms with van der Waals surface area (Å²) in [5.74, 6) is 0. The van der Waals surface area contributed by atoms with E-state index in [0.29, 0.717) is 6.04 Å². The summed E-state index contributed by atoms with van der Waals surface area (Å²) in [6.07, 6.45) is 1.15. The molecule has 0 aromatic rings. The molecular weight excluding hydrogens is 78.0 g/mol. The Morgan fingerprint density at radius 2 is 2.33 bits per heavy atom. The van der Waals surface area contributed by atoms with E-state index in [2.05, 4.69) is 0 Å². The molecule has 2 nitrogen and oxygen atoms in total. The molecule has 1 fully saturated rings. The van der Waals surface area contributed by atoms with Crippen LogP contribution in [0.2, 0.25) is 0 Å². The van der Waals surface area contributed by atoms with Crippen LogP contribution in [-0.2, 0) is 0 Å². The van der Waals surface area contributed by atoms with Gasteiger partial charge in [-0.05, 0) is 13.3 Å². The maximum Gasteiger partial charge on any atom is 0.0335 e. The highest BCUT2D eigenvalue weighted by Crippen LogP contribution is 2.10. The van der Waals surface area contributed by atoms with E-state index in [1.807, 2.05) is 6.92 Å². The van der Waals surface area contributed by atoms with Crippen LogP contribution in [0.1, 0.15) is 13.3 Å². The van der Waals surface area contributed by atoms with Crippen LogP contribution < -0.4 is 0 Å². The van der Waals surface area contributed by atoms with Crippen LogP contribution >= 0.6 is 0 Å². The van der Waals surface area contributed by atoms with Gasteiger partial charge in [-0.3, -0.25) is 0 Å². The van der Waals surface area contributed by atoms with Gasteiger partial charge in [-0.2, -0.15) is 5.06 Å². The highest BCUT2D eigenvalue weighted by Gasteiger charge is 2.19. The molecule has 2 heteroatoms. The van der Waals surface area contributed by atoms with E-state index in [-0.39, 0.29) is 0 Å². The smallest absolute Gasteiger partial charge is 0.0335 e. The van der Waals surface area contributed by atoms with Crippen LogP contribution in [0.15, 0.2) is 0 Å². The first-order chi connectivity index (χ1) is 2.80. The third-order valence-corrected chi connectivity index (χ3v) is 1.28. The molecule has 0 spiro atoms. The second-order valence-corrected chi connectivity index (χ2v) is 1.80. The average Bonchev–Trinajstić information content (AvgIpc) is 1.61. The molecule has 0 aromatic heterocycles. The topological polar surface area (TPSA) is 23.5 Å². The molecule has 1 atom stereocenters. The molecule has 6 heavy (non-hydrogen) atoms. The van der Waals surface area contributed by atoms with Crippen molar-refractivity contribution >= 4 is 0 Å². The van der Waals surface area contributed by atoms with E-state index in [0.717, 1.165) is 13.0 Å². The minimum atomic E-state index is 0.421. The van der Waals surface area contributed by atoms with Crippen molar-refractivity contribution in [3.8, 4) is 0 Å². The van der Waals surface area contributed by atoms with Gasteiger partial charge in [0.1, 0.15) is 0 Å². The first kappa shape index (κ1) is 4.09. The number of hydrogen-bond acceptors (Lipinski definition) is 2. The van der Waals surface area contributed by atoms with Gasteiger partial charge in [0.25, 0.3) is 0 Å². The van der Waals surface area contributed by atoms with E-state index in [4.69, 9.17) is 5.21 Å². The lowest BCUT2D eigenvalue weighted by Crippen LogP contribution is -2.42. The summed E-state index contributed by atoms with van der Waals surface area (Å²) in [6.45, 7) is 2.87. The minimum Gasteiger partial charge on any atom is -0.314 e. The lowest BCUT2D eigenvalue weighted by atomic mass is 10.1. The Kier molecular flexibility index (Phi) is 0.821. The van der Waals surface area contributed by atoms with Gasteiger partial charge in [0.15, 0.2) is 0 Å². The summed E-state index contributed by atoms with van der Waals surface area (Å²) in [6, 6.07) is 0.421. The first-order valence-corrected chi connectivity index (χ1v) is 2.26. The Labute approximate surface area is 37.3 Å². The molecule has 1 aliphatic rings. The maximum atomic E-state index is 8.55. The van der Waals surface area contributed by atoms with Gasteiger partial charge in [-0.25, -0.2) is 0 Å². The van der Waals surface area contributed by atoms with Crippen molar-refractivity contribution in [2.75, 3.05) is 6.54 Å². The monoisotopic (exact) mass is 87.1 g/mol. The van der Waals surface area contributed by atoms with Gasteiger partial charge in [0.05, 0.1) is 0 Å². The zero-order valence-electron chi connectivity index (χ0n) is 3.89. The molecular formula is C4H9NO. The lowest BCUT2D eigenvalue weighted by molar-refractivity contribution is -0.175. The van der Waals surface area contributed by atoms with Crippen LogP contribution in [0.25, 0.3) is 0 Å². The number of hydrogen-bond donors (Lipinski definition) is 1. The third kappa shape index (κ3) is 0.420. The molecule has 1 N–H and O–H groups in total. The molecule has 0 saturated carbocycles. The summed E-state index contributed by atoms with van der Waals surface area (Å²) in [5.41, 5.74) is 0. The van der Waals surface area contributed by atoms with E-state index >= 15 is 0 Å². The van der Waals surface area contributed by atoms with E-state index in [1.165, 1.54) is 5.06 Å². The molecule has 1 rings (SSSR count). The predicted molar refractivity (Wildman–Crippen MR) is 22.6 cm³/mol. The molecule has 0 bridgehead atoms. The molecule has 36 valence electrons. The molecule has 1 aliphatic heterocycles. The van der Waals surface area contributed by atoms with Gasteiger partial charge < -0.3 is 5.21 Å². The van der Waals surface area contributed by atoms with Gasteiger partial charge in [0.2, 0.25) is 0 Å². The molecule has 0 aromatic carbocycles. The summed E-state index contributed by atoms with van der Waals surface area (Å²) >= 11 is 0. The third-order valence-electron chi connectivity index (χ3n) is 1.28. The van der Waals surface area contributed by atoms with Crippen molar-refractivity contribution in [1.29, 1.82) is 0 Å². The number of rotatable bonds is 0. The second-order valence-electron chi connectivity index (χ2n) is 1.80. The molecule has 1 unspecified atom stereocenters. The molecule has 1 saturated heterocycles. The number of nitrogens with zero attached hydrogens (tertiary/aromatic N) is 1. The van der Waals surface area contributed by atoms with Gasteiger partial charge in [0, 0.05) is 12.6 Å². The van der Waals surface area contributed by atoms with Gasteiger partial charge in [-0.1, -0.05) is 0 Å². The maximum absolute atomic E-state index is 8.55. The fraction of sp³-hybridized carbons (Fsp3) is 1.00. The molecule has 0 amide bonds. The second kappa shape index (κ2) is 1.21. The SMILES string of the molecule is CC1CCN1O. The van der Waals surface area contributed by atoms with Crippen molar-refractivity contribution in [2.24, 2.45) is 0 Å². The Hall–Kier alpha value is -0.0800. The van der Waals surface area contributed by atoms with Crippen molar-refractivity contribution in [3.63, 3.8) is 0 Å². The largest absolute Gasteiger partial charge is 0.314 e. The molecule has 0 radical (unpaired) electrons. The Morgan fingerprint density at radius 1 is 1.83 bits per heavy atom. The van der Waals surface area contributed by atoms with Crippen molar-refractivity contribution in [2.45, 2.75) is 19.4 Å². The summed E-state index contributed by atoms with van der Waals surface area (Å²) in [4.78, 5) is 0. The van der Waals surface area contributed by atoms with Crippen molar-refractivity contribution in [1.82, 2.24) is 5.06 Å². The highest BCUT2D eigenvalue weighted by atomic mass is 16.5. The van der Waals surface area contributed by atoms with E-state index in [9.17, 15) is 0 Å². The van der Waals surface area contributed by atoms with Crippen LogP contribution in [0.3, 0.4) is 0 Å². The van der Waals surface area contributed by atoms with Crippen LogP contribution in [0, 0.1) is 0 Å². The quantitative estimate of drug-likeness (QED) is 0.464. The van der Waals surface area contributed by atoms with Crippen molar-refractivity contribution in [3.05, 3.63) is 0 Å². The van der Waals surface area contributed by atoms with Crippen LogP contribution in [0.5, 0.6) is 0 Å². The summed E-state index contributed by atoms with van der Waals surface area (Å²) in [7, 11) is 0.